The van der Waals surface area contributed by atoms with Gasteiger partial charge in [0.15, 0.2) is 0 Å². The minimum absolute atomic E-state index is 0.200. The zero-order valence-electron chi connectivity index (χ0n) is 25.4. The summed E-state index contributed by atoms with van der Waals surface area (Å²) >= 11 is 3.30. The molecule has 0 aromatic heterocycles. The van der Waals surface area contributed by atoms with Gasteiger partial charge in [-0.05, 0) is 6.92 Å². The molecule has 42 heavy (non-hydrogen) atoms. The van der Waals surface area contributed by atoms with Gasteiger partial charge in [-0.3, -0.25) is 0 Å². The quantitative estimate of drug-likeness (QED) is 0.0414. The Balaban J connectivity index is 3.06. The van der Waals surface area contributed by atoms with Crippen LogP contribution in [0.15, 0.2) is 12.2 Å². The third kappa shape index (κ3) is 35.4. The fraction of sp³-hybridized carbons (Fsp3) is 0.893. The lowest BCUT2D eigenvalue weighted by atomic mass is 10.4. The highest BCUT2D eigenvalue weighted by Crippen LogP contribution is 1.92. The molecule has 0 aliphatic carbocycles. The van der Waals surface area contributed by atoms with Gasteiger partial charge in [0.25, 0.3) is 0 Å². The highest BCUT2D eigenvalue weighted by Gasteiger charge is 2.02. The third-order valence-corrected chi connectivity index (χ3v) is 5.07. The number of ether oxygens (including phenoxy) is 12. The van der Waals surface area contributed by atoms with Crippen LogP contribution in [0, 0.1) is 0 Å². The molecule has 0 radical (unpaired) electrons. The predicted octanol–water partition coefficient (Wildman–Crippen LogP) is 1.68. The molecule has 0 heterocycles. The van der Waals surface area contributed by atoms with Gasteiger partial charge < -0.3 is 56.8 Å². The average molecular weight is 678 g/mol. The second kappa shape index (κ2) is 36.4. The summed E-state index contributed by atoms with van der Waals surface area (Å²) in [6, 6.07) is 0. The molecule has 0 saturated heterocycles. The maximum atomic E-state index is 11.2. The fourth-order valence-corrected chi connectivity index (χ4v) is 2.90. The highest BCUT2D eigenvalue weighted by atomic mass is 79.9. The van der Waals surface area contributed by atoms with E-state index in [4.69, 9.17) is 56.8 Å². The first-order valence-electron chi connectivity index (χ1n) is 14.4. The predicted molar refractivity (Wildman–Crippen MR) is 159 cm³/mol. The first-order chi connectivity index (χ1) is 20.7. The van der Waals surface area contributed by atoms with Crippen molar-refractivity contribution < 1.29 is 61.6 Å². The molecular weight excluding hydrogens is 624 g/mol. The first kappa shape index (κ1) is 41.2. The van der Waals surface area contributed by atoms with Crippen LogP contribution < -0.4 is 0 Å². The van der Waals surface area contributed by atoms with Crippen molar-refractivity contribution in [3.8, 4) is 0 Å². The Kier molecular flexibility index (Phi) is 35.8. The smallest absolute Gasteiger partial charge is 0.333 e. The minimum atomic E-state index is -0.412. The SMILES string of the molecule is C=C(C)C(=O)OCCOCCOCCOCCOCCOCCOCCOCCOCCOCCOCCOCCBr. The zero-order chi connectivity index (χ0) is 30.6. The Bertz CT molecular complexity index is 572. The molecule has 0 aromatic carbocycles. The van der Waals surface area contributed by atoms with Gasteiger partial charge in [0.05, 0.1) is 145 Å². The Hall–Kier alpha value is -0.750. The van der Waals surface area contributed by atoms with E-state index in [9.17, 15) is 4.79 Å². The molecule has 0 aliphatic heterocycles. The molecule has 0 aromatic rings. The van der Waals surface area contributed by atoms with Gasteiger partial charge >= 0.3 is 5.97 Å². The van der Waals surface area contributed by atoms with Crippen molar-refractivity contribution in [1.82, 2.24) is 0 Å². The summed E-state index contributed by atoms with van der Waals surface area (Å²) in [5, 5.41) is 0.834. The summed E-state index contributed by atoms with van der Waals surface area (Å²) < 4.78 is 64.4. The fourth-order valence-electron chi connectivity index (χ4n) is 2.67. The number of halogens is 1. The van der Waals surface area contributed by atoms with E-state index in [2.05, 4.69) is 22.5 Å². The standard InChI is InChI=1S/C28H53BrO13/c1-27(2)28(30)42-26-25-41-24-23-40-22-21-39-20-19-38-18-17-37-16-15-36-14-13-35-12-11-34-10-9-33-8-7-32-6-5-31-4-3-29/h1,3-26H2,2H3. The molecule has 0 spiro atoms. The summed E-state index contributed by atoms with van der Waals surface area (Å²) in [6.45, 7) is 16.5. The molecule has 0 fully saturated rings. The maximum Gasteiger partial charge on any atom is 0.333 e. The van der Waals surface area contributed by atoms with Crippen molar-refractivity contribution in [2.24, 2.45) is 0 Å². The molecule has 0 amide bonds. The zero-order valence-corrected chi connectivity index (χ0v) is 26.9. The lowest BCUT2D eigenvalue weighted by Gasteiger charge is -2.09. The molecule has 250 valence electrons. The molecule has 14 heteroatoms. The largest absolute Gasteiger partial charge is 0.460 e. The van der Waals surface area contributed by atoms with Crippen LogP contribution >= 0.6 is 15.9 Å². The van der Waals surface area contributed by atoms with E-state index in [1.807, 2.05) is 0 Å². The lowest BCUT2D eigenvalue weighted by molar-refractivity contribution is -0.140. The van der Waals surface area contributed by atoms with Crippen molar-refractivity contribution in [3.63, 3.8) is 0 Å². The molecule has 0 bridgehead atoms. The van der Waals surface area contributed by atoms with Gasteiger partial charge in [-0.25, -0.2) is 4.79 Å². The van der Waals surface area contributed by atoms with Crippen LogP contribution in [0.1, 0.15) is 6.92 Å². The molecule has 0 N–H and O–H groups in total. The average Bonchev–Trinajstić information content (AvgIpc) is 2.99. The van der Waals surface area contributed by atoms with Gasteiger partial charge in [0, 0.05) is 10.9 Å². The van der Waals surface area contributed by atoms with Crippen molar-refractivity contribution in [3.05, 3.63) is 12.2 Å². The second-order valence-corrected chi connectivity index (χ2v) is 9.13. The number of alkyl halides is 1. The summed E-state index contributed by atoms with van der Waals surface area (Å²) in [5.41, 5.74) is 0.370. The lowest BCUT2D eigenvalue weighted by Crippen LogP contribution is -2.15. The Labute approximate surface area is 259 Å². The van der Waals surface area contributed by atoms with Crippen molar-refractivity contribution in [1.29, 1.82) is 0 Å². The van der Waals surface area contributed by atoms with Gasteiger partial charge in [-0.15, -0.1) is 0 Å². The maximum absolute atomic E-state index is 11.2. The first-order valence-corrected chi connectivity index (χ1v) is 15.5. The number of hydrogen-bond donors (Lipinski definition) is 0. The Morgan fingerprint density at radius 1 is 0.405 bits per heavy atom. The van der Waals surface area contributed by atoms with E-state index in [-0.39, 0.29) is 6.61 Å². The molecule has 0 rings (SSSR count). The highest BCUT2D eigenvalue weighted by molar-refractivity contribution is 9.09. The normalized spacial score (nSPS) is 11.3. The van der Waals surface area contributed by atoms with Gasteiger partial charge in [0.1, 0.15) is 6.61 Å². The van der Waals surface area contributed by atoms with Crippen LogP contribution in [-0.2, 0) is 61.6 Å². The van der Waals surface area contributed by atoms with Crippen LogP contribution in [-0.4, -0.2) is 163 Å². The van der Waals surface area contributed by atoms with Crippen LogP contribution in [0.4, 0.5) is 0 Å². The number of rotatable bonds is 36. The molecule has 0 atom stereocenters. The Morgan fingerprint density at radius 3 is 0.786 bits per heavy atom. The van der Waals surface area contributed by atoms with E-state index in [1.54, 1.807) is 6.92 Å². The van der Waals surface area contributed by atoms with Crippen LogP contribution in [0.25, 0.3) is 0 Å². The number of carbonyl (C=O) groups excluding carboxylic acids is 1. The van der Waals surface area contributed by atoms with Crippen LogP contribution in [0.3, 0.4) is 0 Å². The van der Waals surface area contributed by atoms with E-state index in [0.717, 1.165) is 5.33 Å². The van der Waals surface area contributed by atoms with E-state index in [1.165, 1.54) is 0 Å². The summed E-state index contributed by atoms with van der Waals surface area (Å²) in [5.74, 6) is -0.412. The number of carbonyl (C=O) groups is 1. The monoisotopic (exact) mass is 676 g/mol. The number of esters is 1. The van der Waals surface area contributed by atoms with Gasteiger partial charge in [-0.2, -0.15) is 0 Å². The van der Waals surface area contributed by atoms with Gasteiger partial charge in [0.2, 0.25) is 0 Å². The van der Waals surface area contributed by atoms with Crippen molar-refractivity contribution in [2.45, 2.75) is 6.92 Å². The molecule has 0 aliphatic rings. The van der Waals surface area contributed by atoms with Crippen molar-refractivity contribution in [2.75, 3.05) is 157 Å². The van der Waals surface area contributed by atoms with Gasteiger partial charge in [-0.1, -0.05) is 22.5 Å². The molecule has 13 nitrogen and oxygen atoms in total. The van der Waals surface area contributed by atoms with Crippen LogP contribution in [0.5, 0.6) is 0 Å². The number of hydrogen-bond acceptors (Lipinski definition) is 13. The third-order valence-electron chi connectivity index (χ3n) is 4.75. The summed E-state index contributed by atoms with van der Waals surface area (Å²) in [7, 11) is 0. The van der Waals surface area contributed by atoms with Crippen LogP contribution in [0.2, 0.25) is 0 Å². The molecule has 0 saturated carbocycles. The molecular formula is C28H53BrO13. The minimum Gasteiger partial charge on any atom is -0.460 e. The van der Waals surface area contributed by atoms with E-state index < -0.39 is 5.97 Å². The van der Waals surface area contributed by atoms with E-state index in [0.29, 0.717) is 151 Å². The topological polar surface area (TPSA) is 128 Å². The second-order valence-electron chi connectivity index (χ2n) is 8.34. The molecule has 0 unspecified atom stereocenters. The van der Waals surface area contributed by atoms with Crippen molar-refractivity contribution >= 4 is 21.9 Å². The summed E-state index contributed by atoms with van der Waals surface area (Å²) in [6.07, 6.45) is 0. The Morgan fingerprint density at radius 2 is 0.595 bits per heavy atom. The summed E-state index contributed by atoms with van der Waals surface area (Å²) in [4.78, 5) is 11.2. The van der Waals surface area contributed by atoms with E-state index >= 15 is 0 Å².